The van der Waals surface area contributed by atoms with E-state index in [-0.39, 0.29) is 0 Å². The van der Waals surface area contributed by atoms with Crippen LogP contribution in [0, 0.1) is 0 Å². The van der Waals surface area contributed by atoms with Gasteiger partial charge in [-0.1, -0.05) is 6.92 Å². The topological polar surface area (TPSA) is 6.48 Å². The number of likely N-dealkylation sites (N-methyl/N-ethyl adjacent to an activating group) is 2. The Kier molecular flexibility index (Phi) is 2.79. The molecule has 72 valence electrons. The normalized spacial score (nSPS) is 30.0. The van der Waals surface area contributed by atoms with Gasteiger partial charge in [0.05, 0.1) is 0 Å². The highest BCUT2D eigenvalue weighted by Gasteiger charge is 2.36. The molecule has 0 aliphatic carbocycles. The molecular weight excluding hydrogens is 148 g/mol. The summed E-state index contributed by atoms with van der Waals surface area (Å²) in [7, 11) is 4.45. The summed E-state index contributed by atoms with van der Waals surface area (Å²) < 4.78 is 0. The first-order valence-corrected chi connectivity index (χ1v) is 4.89. The van der Waals surface area contributed by atoms with Crippen LogP contribution in [0.15, 0.2) is 0 Å². The van der Waals surface area contributed by atoms with Crippen LogP contribution < -0.4 is 0 Å². The van der Waals surface area contributed by atoms with E-state index in [4.69, 9.17) is 0 Å². The maximum atomic E-state index is 2.46. The first-order valence-electron chi connectivity index (χ1n) is 4.89. The second-order valence-electron chi connectivity index (χ2n) is 4.62. The first kappa shape index (κ1) is 10.0. The van der Waals surface area contributed by atoms with Gasteiger partial charge in [-0.2, -0.15) is 0 Å². The summed E-state index contributed by atoms with van der Waals surface area (Å²) in [6.45, 7) is 9.27. The van der Waals surface area contributed by atoms with Crippen molar-refractivity contribution in [2.24, 2.45) is 0 Å². The second-order valence-corrected chi connectivity index (χ2v) is 4.62. The molecule has 0 aromatic rings. The van der Waals surface area contributed by atoms with E-state index in [1.54, 1.807) is 0 Å². The molecule has 0 aromatic carbocycles. The molecule has 1 rings (SSSR count). The lowest BCUT2D eigenvalue weighted by Crippen LogP contribution is -2.34. The summed E-state index contributed by atoms with van der Waals surface area (Å²) in [6.07, 6.45) is 1.30. The molecule has 0 N–H and O–H groups in total. The van der Waals surface area contributed by atoms with Crippen molar-refractivity contribution in [2.45, 2.75) is 38.8 Å². The Morgan fingerprint density at radius 1 is 1.50 bits per heavy atom. The van der Waals surface area contributed by atoms with E-state index in [0.717, 1.165) is 12.6 Å². The van der Waals surface area contributed by atoms with Crippen molar-refractivity contribution in [3.8, 4) is 0 Å². The van der Waals surface area contributed by atoms with Crippen LogP contribution in [0.3, 0.4) is 0 Å². The molecule has 1 aliphatic rings. The van der Waals surface area contributed by atoms with E-state index >= 15 is 0 Å². The van der Waals surface area contributed by atoms with Crippen LogP contribution in [0.2, 0.25) is 0 Å². The third-order valence-corrected chi connectivity index (χ3v) is 3.38. The van der Waals surface area contributed by atoms with Crippen molar-refractivity contribution in [3.63, 3.8) is 0 Å². The Bertz CT molecular complexity index is 154. The van der Waals surface area contributed by atoms with Crippen LogP contribution in [-0.4, -0.2) is 48.6 Å². The fraction of sp³-hybridized carbons (Fsp3) is 1.00. The Morgan fingerprint density at radius 2 is 2.08 bits per heavy atom. The molecule has 12 heavy (non-hydrogen) atoms. The average molecular weight is 170 g/mol. The molecule has 1 heterocycles. The Hall–Kier alpha value is -0.0800. The van der Waals surface area contributed by atoms with E-state index < -0.39 is 0 Å². The minimum absolute atomic E-state index is 0.397. The fourth-order valence-electron chi connectivity index (χ4n) is 1.91. The highest BCUT2D eigenvalue weighted by atomic mass is 15.3. The Balaban J connectivity index is 2.54. The summed E-state index contributed by atoms with van der Waals surface area (Å²) in [4.78, 5) is 4.91. The minimum Gasteiger partial charge on any atom is -0.302 e. The Labute approximate surface area is 76.5 Å². The molecule has 0 bridgehead atoms. The van der Waals surface area contributed by atoms with E-state index in [0.29, 0.717) is 5.54 Å². The van der Waals surface area contributed by atoms with E-state index in [9.17, 15) is 0 Å². The number of hydrogen-bond donors (Lipinski definition) is 0. The zero-order valence-electron chi connectivity index (χ0n) is 9.09. The fourth-order valence-corrected chi connectivity index (χ4v) is 1.91. The summed E-state index contributed by atoms with van der Waals surface area (Å²) in [5, 5.41) is 0. The van der Waals surface area contributed by atoms with Gasteiger partial charge in [-0.05, 0) is 40.9 Å². The van der Waals surface area contributed by atoms with Gasteiger partial charge in [0.15, 0.2) is 0 Å². The van der Waals surface area contributed by atoms with Crippen LogP contribution >= 0.6 is 0 Å². The molecule has 2 nitrogen and oxygen atoms in total. The number of rotatable bonds is 2. The maximum Gasteiger partial charge on any atom is 0.0237 e. The minimum atomic E-state index is 0.397. The molecule has 1 aliphatic heterocycles. The standard InChI is InChI=1S/C10H22N2/c1-6-11(4)9-7-10(2,3)12(5)8-9/h9H,6-8H2,1-5H3. The van der Waals surface area contributed by atoms with Gasteiger partial charge in [0.1, 0.15) is 0 Å². The van der Waals surface area contributed by atoms with Crippen LogP contribution in [0.4, 0.5) is 0 Å². The second kappa shape index (κ2) is 3.35. The van der Waals surface area contributed by atoms with Crippen molar-refractivity contribution in [1.82, 2.24) is 9.80 Å². The molecule has 0 aromatic heterocycles. The van der Waals surface area contributed by atoms with Crippen molar-refractivity contribution in [3.05, 3.63) is 0 Å². The number of likely N-dealkylation sites (tertiary alicyclic amines) is 1. The molecule has 0 amide bonds. The van der Waals surface area contributed by atoms with Gasteiger partial charge in [-0.3, -0.25) is 4.90 Å². The van der Waals surface area contributed by atoms with Crippen LogP contribution in [-0.2, 0) is 0 Å². The highest BCUT2D eigenvalue weighted by Crippen LogP contribution is 2.28. The van der Waals surface area contributed by atoms with Crippen molar-refractivity contribution >= 4 is 0 Å². The smallest absolute Gasteiger partial charge is 0.0237 e. The van der Waals surface area contributed by atoms with Gasteiger partial charge in [0.2, 0.25) is 0 Å². The summed E-state index contributed by atoms with van der Waals surface area (Å²) in [5.41, 5.74) is 0.397. The first-order chi connectivity index (χ1) is 5.47. The van der Waals surface area contributed by atoms with E-state index in [1.165, 1.54) is 13.0 Å². The zero-order chi connectivity index (χ0) is 9.35. The third kappa shape index (κ3) is 1.80. The predicted octanol–water partition coefficient (Wildman–Crippen LogP) is 1.42. The SMILES string of the molecule is CCN(C)C1CN(C)C(C)(C)C1. The molecule has 1 saturated heterocycles. The lowest BCUT2D eigenvalue weighted by Gasteiger charge is -2.26. The van der Waals surface area contributed by atoms with Gasteiger partial charge in [0.25, 0.3) is 0 Å². The number of hydrogen-bond acceptors (Lipinski definition) is 2. The van der Waals surface area contributed by atoms with Crippen molar-refractivity contribution in [1.29, 1.82) is 0 Å². The van der Waals surface area contributed by atoms with E-state index in [1.807, 2.05) is 0 Å². The van der Waals surface area contributed by atoms with Crippen molar-refractivity contribution < 1.29 is 0 Å². The van der Waals surface area contributed by atoms with E-state index in [2.05, 4.69) is 44.7 Å². The molecule has 2 heteroatoms. The average Bonchev–Trinajstić information content (AvgIpc) is 2.25. The largest absolute Gasteiger partial charge is 0.302 e. The summed E-state index contributed by atoms with van der Waals surface area (Å²) in [6, 6.07) is 0.759. The van der Waals surface area contributed by atoms with Gasteiger partial charge in [-0.15, -0.1) is 0 Å². The molecule has 0 saturated carbocycles. The quantitative estimate of drug-likeness (QED) is 0.618. The lowest BCUT2D eigenvalue weighted by atomic mass is 10.0. The summed E-state index contributed by atoms with van der Waals surface area (Å²) >= 11 is 0. The summed E-state index contributed by atoms with van der Waals surface area (Å²) in [5.74, 6) is 0. The van der Waals surface area contributed by atoms with Crippen LogP contribution in [0.5, 0.6) is 0 Å². The molecule has 0 radical (unpaired) electrons. The molecule has 1 fully saturated rings. The predicted molar refractivity (Wildman–Crippen MR) is 53.4 cm³/mol. The molecular formula is C10H22N2. The molecule has 1 unspecified atom stereocenters. The Morgan fingerprint density at radius 3 is 2.42 bits per heavy atom. The van der Waals surface area contributed by atoms with Gasteiger partial charge in [0, 0.05) is 18.1 Å². The molecule has 0 spiro atoms. The third-order valence-electron chi connectivity index (χ3n) is 3.38. The lowest BCUT2D eigenvalue weighted by molar-refractivity contribution is 0.217. The number of nitrogens with zero attached hydrogens (tertiary/aromatic N) is 2. The zero-order valence-corrected chi connectivity index (χ0v) is 9.09. The van der Waals surface area contributed by atoms with Gasteiger partial charge >= 0.3 is 0 Å². The van der Waals surface area contributed by atoms with Gasteiger partial charge in [-0.25, -0.2) is 0 Å². The highest BCUT2D eigenvalue weighted by molar-refractivity contribution is 4.94. The van der Waals surface area contributed by atoms with Gasteiger partial charge < -0.3 is 4.90 Å². The van der Waals surface area contributed by atoms with Crippen LogP contribution in [0.25, 0.3) is 0 Å². The monoisotopic (exact) mass is 170 g/mol. The molecule has 1 atom stereocenters. The van der Waals surface area contributed by atoms with Crippen LogP contribution in [0.1, 0.15) is 27.2 Å². The maximum absolute atomic E-state index is 2.46. The van der Waals surface area contributed by atoms with Crippen molar-refractivity contribution in [2.75, 3.05) is 27.2 Å².